The quantitative estimate of drug-likeness (QED) is 0.807. The number of hydrogen-bond acceptors (Lipinski definition) is 2. The lowest BCUT2D eigenvalue weighted by atomic mass is 10.0. The normalized spacial score (nSPS) is 18.0. The molecule has 3 heteroatoms. The van der Waals surface area contributed by atoms with E-state index >= 15 is 0 Å². The maximum Gasteiger partial charge on any atom is 0.223 e. The maximum atomic E-state index is 12.6. The fourth-order valence-electron chi connectivity index (χ4n) is 2.78. The van der Waals surface area contributed by atoms with Crippen molar-refractivity contribution in [1.29, 1.82) is 0 Å². The van der Waals surface area contributed by atoms with Gasteiger partial charge in [-0.05, 0) is 12.0 Å². The highest BCUT2D eigenvalue weighted by Crippen LogP contribution is 2.24. The average molecular weight is 279 g/mol. The number of benzene rings is 2. The number of amides is 1. The number of likely N-dealkylation sites (tertiary alicyclic amines) is 1. The summed E-state index contributed by atoms with van der Waals surface area (Å²) < 4.78 is 0. The van der Waals surface area contributed by atoms with Crippen molar-refractivity contribution in [2.24, 2.45) is 0 Å². The van der Waals surface area contributed by atoms with Gasteiger partial charge >= 0.3 is 0 Å². The van der Waals surface area contributed by atoms with Gasteiger partial charge in [-0.1, -0.05) is 60.7 Å². The predicted octanol–water partition coefficient (Wildman–Crippen LogP) is 3.06. The Hall–Kier alpha value is -2.42. The van der Waals surface area contributed by atoms with Crippen molar-refractivity contribution >= 4 is 11.7 Å². The number of hydrogen-bond donors (Lipinski definition) is 0. The summed E-state index contributed by atoms with van der Waals surface area (Å²) in [6.45, 7) is 0.503. The lowest BCUT2D eigenvalue weighted by Crippen LogP contribution is -2.38. The van der Waals surface area contributed by atoms with E-state index in [9.17, 15) is 9.59 Å². The first kappa shape index (κ1) is 13.6. The Labute approximate surface area is 124 Å². The molecule has 2 aromatic rings. The second-order valence-electron chi connectivity index (χ2n) is 5.29. The number of carbonyl (C=O) groups excluding carboxylic acids is 2. The molecule has 2 aromatic carbocycles. The highest BCUT2D eigenvalue weighted by atomic mass is 16.2. The third-order valence-electron chi connectivity index (χ3n) is 3.88. The Morgan fingerprint density at radius 1 is 1.00 bits per heavy atom. The Bertz CT molecular complexity index is 637. The number of Topliss-reactive ketones (excluding diaryl/α,β-unsaturated/α-hetero) is 1. The van der Waals surface area contributed by atoms with Crippen LogP contribution in [0.4, 0.5) is 0 Å². The van der Waals surface area contributed by atoms with E-state index in [0.717, 1.165) is 5.56 Å². The van der Waals surface area contributed by atoms with Gasteiger partial charge in [-0.2, -0.15) is 0 Å². The smallest absolute Gasteiger partial charge is 0.223 e. The van der Waals surface area contributed by atoms with Gasteiger partial charge in [-0.15, -0.1) is 0 Å². The number of ketones is 1. The minimum Gasteiger partial charge on any atom is -0.328 e. The van der Waals surface area contributed by atoms with Crippen molar-refractivity contribution in [3.8, 4) is 0 Å². The zero-order valence-electron chi connectivity index (χ0n) is 11.7. The van der Waals surface area contributed by atoms with Gasteiger partial charge in [0.1, 0.15) is 0 Å². The van der Waals surface area contributed by atoms with Crippen LogP contribution in [0.5, 0.6) is 0 Å². The summed E-state index contributed by atoms with van der Waals surface area (Å²) in [6.07, 6.45) is 1.06. The molecule has 0 spiro atoms. The molecular weight excluding hydrogens is 262 g/mol. The summed E-state index contributed by atoms with van der Waals surface area (Å²) in [5.74, 6) is 0.102. The van der Waals surface area contributed by atoms with E-state index in [0.29, 0.717) is 24.9 Å². The van der Waals surface area contributed by atoms with Crippen molar-refractivity contribution in [2.45, 2.75) is 25.4 Å². The van der Waals surface area contributed by atoms with Gasteiger partial charge in [0.25, 0.3) is 0 Å². The van der Waals surface area contributed by atoms with Crippen LogP contribution in [-0.2, 0) is 11.3 Å². The second-order valence-corrected chi connectivity index (χ2v) is 5.29. The van der Waals surface area contributed by atoms with Crippen molar-refractivity contribution < 1.29 is 9.59 Å². The van der Waals surface area contributed by atoms with Gasteiger partial charge < -0.3 is 4.90 Å². The standard InChI is InChI=1S/C18H17NO2/c20-17-12-11-16(18(21)15-9-5-2-6-10-15)19(17)13-14-7-3-1-4-8-14/h1-10,16H,11-13H2. The first-order valence-electron chi connectivity index (χ1n) is 7.18. The van der Waals surface area contributed by atoms with Crippen LogP contribution < -0.4 is 0 Å². The maximum absolute atomic E-state index is 12.6. The molecule has 1 amide bonds. The van der Waals surface area contributed by atoms with Crippen LogP contribution in [0.1, 0.15) is 28.8 Å². The first-order valence-corrected chi connectivity index (χ1v) is 7.18. The van der Waals surface area contributed by atoms with Crippen molar-refractivity contribution in [3.63, 3.8) is 0 Å². The van der Waals surface area contributed by atoms with Crippen molar-refractivity contribution in [1.82, 2.24) is 4.90 Å². The molecule has 1 unspecified atom stereocenters. The molecule has 1 fully saturated rings. The third kappa shape index (κ3) is 2.87. The number of rotatable bonds is 4. The molecule has 21 heavy (non-hydrogen) atoms. The second kappa shape index (κ2) is 5.92. The fourth-order valence-corrected chi connectivity index (χ4v) is 2.78. The Balaban J connectivity index is 1.81. The molecule has 0 aromatic heterocycles. The van der Waals surface area contributed by atoms with Crippen LogP contribution in [0.3, 0.4) is 0 Å². The van der Waals surface area contributed by atoms with Crippen LogP contribution in [0, 0.1) is 0 Å². The van der Waals surface area contributed by atoms with E-state index in [4.69, 9.17) is 0 Å². The summed E-state index contributed by atoms with van der Waals surface area (Å²) in [4.78, 5) is 26.4. The molecule has 106 valence electrons. The SMILES string of the molecule is O=C(c1ccccc1)C1CCC(=O)N1Cc1ccccc1. The molecule has 0 bridgehead atoms. The Morgan fingerprint density at radius 2 is 1.62 bits per heavy atom. The topological polar surface area (TPSA) is 37.4 Å². The van der Waals surface area contributed by atoms with Gasteiger partial charge in [0, 0.05) is 18.5 Å². The molecule has 3 nitrogen and oxygen atoms in total. The molecule has 3 rings (SSSR count). The molecule has 1 aliphatic rings. The van der Waals surface area contributed by atoms with Gasteiger partial charge in [0.05, 0.1) is 6.04 Å². The highest BCUT2D eigenvalue weighted by molar-refractivity contribution is 6.03. The molecule has 1 saturated heterocycles. The van der Waals surface area contributed by atoms with Crippen LogP contribution in [0.25, 0.3) is 0 Å². The molecule has 0 N–H and O–H groups in total. The van der Waals surface area contributed by atoms with Crippen LogP contribution in [0.15, 0.2) is 60.7 Å². The monoisotopic (exact) mass is 279 g/mol. The molecule has 0 aliphatic carbocycles. The molecule has 0 radical (unpaired) electrons. The van der Waals surface area contributed by atoms with E-state index in [2.05, 4.69) is 0 Å². The minimum absolute atomic E-state index is 0.0392. The summed E-state index contributed by atoms with van der Waals surface area (Å²) in [5.41, 5.74) is 1.73. The first-order chi connectivity index (χ1) is 10.3. The highest BCUT2D eigenvalue weighted by Gasteiger charge is 2.36. The molecule has 1 aliphatic heterocycles. The fraction of sp³-hybridized carbons (Fsp3) is 0.222. The largest absolute Gasteiger partial charge is 0.328 e. The van der Waals surface area contributed by atoms with Crippen LogP contribution in [-0.4, -0.2) is 22.6 Å². The van der Waals surface area contributed by atoms with Gasteiger partial charge in [0.15, 0.2) is 5.78 Å². The van der Waals surface area contributed by atoms with E-state index in [1.807, 2.05) is 60.7 Å². The van der Waals surface area contributed by atoms with E-state index in [-0.39, 0.29) is 17.7 Å². The van der Waals surface area contributed by atoms with E-state index < -0.39 is 0 Å². The zero-order valence-corrected chi connectivity index (χ0v) is 11.7. The minimum atomic E-state index is -0.333. The molecule has 1 atom stereocenters. The molecular formula is C18H17NO2. The van der Waals surface area contributed by atoms with E-state index in [1.165, 1.54) is 0 Å². The summed E-state index contributed by atoms with van der Waals surface area (Å²) in [7, 11) is 0. The van der Waals surface area contributed by atoms with Gasteiger partial charge in [-0.25, -0.2) is 0 Å². The van der Waals surface area contributed by atoms with E-state index in [1.54, 1.807) is 4.90 Å². The molecule has 1 heterocycles. The summed E-state index contributed by atoms with van der Waals surface area (Å²) >= 11 is 0. The number of nitrogens with zero attached hydrogens (tertiary/aromatic N) is 1. The van der Waals surface area contributed by atoms with Crippen molar-refractivity contribution in [3.05, 3.63) is 71.8 Å². The third-order valence-corrected chi connectivity index (χ3v) is 3.88. The summed E-state index contributed by atoms with van der Waals surface area (Å²) in [6, 6.07) is 18.7. The Kier molecular flexibility index (Phi) is 3.82. The van der Waals surface area contributed by atoms with Crippen LogP contribution in [0.2, 0.25) is 0 Å². The van der Waals surface area contributed by atoms with Crippen molar-refractivity contribution in [2.75, 3.05) is 0 Å². The zero-order chi connectivity index (χ0) is 14.7. The summed E-state index contributed by atoms with van der Waals surface area (Å²) in [5, 5.41) is 0. The van der Waals surface area contributed by atoms with Crippen LogP contribution >= 0.6 is 0 Å². The van der Waals surface area contributed by atoms with Gasteiger partial charge in [0.2, 0.25) is 5.91 Å². The lowest BCUT2D eigenvalue weighted by molar-refractivity contribution is -0.129. The number of carbonyl (C=O) groups is 2. The van der Waals surface area contributed by atoms with Gasteiger partial charge in [-0.3, -0.25) is 9.59 Å². The lowest BCUT2D eigenvalue weighted by Gasteiger charge is -2.24. The predicted molar refractivity (Wildman–Crippen MR) is 80.8 cm³/mol. The average Bonchev–Trinajstić information content (AvgIpc) is 2.90. The Morgan fingerprint density at radius 3 is 2.29 bits per heavy atom. The molecule has 0 saturated carbocycles.